The van der Waals surface area contributed by atoms with Gasteiger partial charge >= 0.3 is 0 Å². The monoisotopic (exact) mass is 562 g/mol. The minimum Gasteiger partial charge on any atom is -0.344 e. The van der Waals surface area contributed by atoms with E-state index < -0.39 is 36.2 Å². The fraction of sp³-hybridized carbons (Fsp3) is 0.593. The Morgan fingerprint density at radius 2 is 1.74 bits per heavy atom. The summed E-state index contributed by atoms with van der Waals surface area (Å²) in [5.41, 5.74) is 0.626. The Morgan fingerprint density at radius 1 is 1.05 bits per heavy atom. The number of benzene rings is 1. The molecule has 0 aliphatic carbocycles. The Hall–Kier alpha value is -2.37. The van der Waals surface area contributed by atoms with Crippen LogP contribution < -0.4 is 16.0 Å². The molecule has 0 radical (unpaired) electrons. The molecule has 0 aromatic heterocycles. The van der Waals surface area contributed by atoms with Gasteiger partial charge in [0.05, 0.1) is 22.7 Å². The molecule has 1 aromatic rings. The predicted octanol–water partition coefficient (Wildman–Crippen LogP) is 2.06. The number of likely N-dealkylation sites (N-methyl/N-ethyl adjacent to an activating group) is 1. The van der Waals surface area contributed by atoms with E-state index in [9.17, 15) is 24.0 Å². The summed E-state index contributed by atoms with van der Waals surface area (Å²) in [5.74, 6) is -0.631. The van der Waals surface area contributed by atoms with Gasteiger partial charge in [-0.1, -0.05) is 50.6 Å². The molecule has 2 aliphatic heterocycles. The maximum absolute atomic E-state index is 13.3. The van der Waals surface area contributed by atoms with Gasteiger partial charge in [-0.2, -0.15) is 0 Å². The van der Waals surface area contributed by atoms with Crippen molar-refractivity contribution in [3.8, 4) is 0 Å². The molecule has 2 fully saturated rings. The Labute approximate surface area is 233 Å². The molecular weight excluding hydrogens is 524 g/mol. The number of rotatable bonds is 12. The molecule has 11 heteroatoms. The van der Waals surface area contributed by atoms with E-state index in [4.69, 9.17) is 0 Å². The van der Waals surface area contributed by atoms with Crippen LogP contribution in [0.3, 0.4) is 0 Å². The van der Waals surface area contributed by atoms with Gasteiger partial charge in [-0.05, 0) is 49.8 Å². The van der Waals surface area contributed by atoms with Crippen LogP contribution in [0.25, 0.3) is 0 Å². The molecule has 9 nitrogen and oxygen atoms in total. The summed E-state index contributed by atoms with van der Waals surface area (Å²) in [6.07, 6.45) is 2.79. The molecule has 208 valence electrons. The van der Waals surface area contributed by atoms with Crippen molar-refractivity contribution >= 4 is 52.8 Å². The zero-order valence-corrected chi connectivity index (χ0v) is 23.9. The highest BCUT2D eigenvalue weighted by atomic mass is 32.2. The summed E-state index contributed by atoms with van der Waals surface area (Å²) in [6, 6.07) is 6.62. The number of nitrogens with zero attached hydrogens (tertiary/aromatic N) is 1. The van der Waals surface area contributed by atoms with Crippen LogP contribution in [0.4, 0.5) is 0 Å². The Bertz CT molecular complexity index is 1020. The molecule has 3 rings (SSSR count). The first-order valence-corrected chi connectivity index (χ1v) is 15.2. The van der Waals surface area contributed by atoms with Crippen LogP contribution in [0.1, 0.15) is 58.1 Å². The number of likely N-dealkylation sites (tertiary alicyclic amines) is 1. The van der Waals surface area contributed by atoms with Crippen molar-refractivity contribution in [3.63, 3.8) is 0 Å². The maximum Gasteiger partial charge on any atom is 0.290 e. The summed E-state index contributed by atoms with van der Waals surface area (Å²) in [5, 5.41) is 7.77. The summed E-state index contributed by atoms with van der Waals surface area (Å²) < 4.78 is 0.00272. The first kappa shape index (κ1) is 30.2. The second-order valence-corrected chi connectivity index (χ2v) is 12.9. The number of hydrogen-bond acceptors (Lipinski definition) is 8. The quantitative estimate of drug-likeness (QED) is 0.331. The number of thioether (sulfide) groups is 2. The van der Waals surface area contributed by atoms with Crippen LogP contribution in [-0.2, 0) is 24.0 Å². The highest BCUT2D eigenvalue weighted by Gasteiger charge is 2.48. The SMILES string of the molecule is CCCC(NC(=O)[C@@H]1CC2(CN1CC)SCCCS2)C(=O)C(=O)NCC(=O)N[C@H](C(C)=O)c1ccccc1. The molecular formula is C27H38N4O5S2. The van der Waals surface area contributed by atoms with Gasteiger partial charge in [-0.15, -0.1) is 23.5 Å². The number of nitrogens with one attached hydrogen (secondary N) is 3. The zero-order valence-electron chi connectivity index (χ0n) is 22.3. The summed E-state index contributed by atoms with van der Waals surface area (Å²) in [7, 11) is 0. The first-order valence-electron chi connectivity index (χ1n) is 13.2. The second-order valence-electron chi connectivity index (χ2n) is 9.66. The molecule has 2 aliphatic rings. The molecule has 3 N–H and O–H groups in total. The fourth-order valence-corrected chi connectivity index (χ4v) is 8.24. The van der Waals surface area contributed by atoms with E-state index in [0.29, 0.717) is 24.8 Å². The van der Waals surface area contributed by atoms with E-state index in [1.54, 1.807) is 30.3 Å². The van der Waals surface area contributed by atoms with Crippen molar-refractivity contribution in [1.29, 1.82) is 0 Å². The molecule has 1 aromatic carbocycles. The lowest BCUT2D eigenvalue weighted by atomic mass is 10.0. The number of ketones is 2. The molecule has 1 spiro atoms. The molecule has 0 bridgehead atoms. The molecule has 1 unspecified atom stereocenters. The van der Waals surface area contributed by atoms with Crippen LogP contribution in [0, 0.1) is 0 Å². The third-order valence-corrected chi connectivity index (χ3v) is 10.1. The number of Topliss-reactive ketones (excluding diaryl/α,β-unsaturated/α-hetero) is 2. The molecule has 2 saturated heterocycles. The van der Waals surface area contributed by atoms with Crippen LogP contribution >= 0.6 is 23.5 Å². The van der Waals surface area contributed by atoms with E-state index >= 15 is 0 Å². The Kier molecular flexibility index (Phi) is 11.2. The summed E-state index contributed by atoms with van der Waals surface area (Å²) in [6.45, 7) is 6.36. The van der Waals surface area contributed by atoms with E-state index in [0.717, 1.165) is 24.6 Å². The van der Waals surface area contributed by atoms with Gasteiger partial charge < -0.3 is 16.0 Å². The number of carbonyl (C=O) groups is 5. The van der Waals surface area contributed by atoms with Crippen molar-refractivity contribution in [2.45, 2.75) is 68.7 Å². The standard InChI is InChI=1S/C27H38N4O5S2/c1-4-10-20(29-25(35)21-15-27(17-31(21)5-2)37-13-9-14-38-27)24(34)26(36)28-16-22(33)30-23(18(3)32)19-11-7-6-8-12-19/h6-8,11-12,20-21,23H,4-5,9-10,13-17H2,1-3H3,(H,28,36)(H,29,35)(H,30,33)/t20?,21-,23+/m0/s1. The van der Waals surface area contributed by atoms with Crippen LogP contribution in [0.2, 0.25) is 0 Å². The number of hydrogen-bond donors (Lipinski definition) is 3. The average molecular weight is 563 g/mol. The fourth-order valence-electron chi connectivity index (χ4n) is 4.83. The molecule has 3 atom stereocenters. The lowest BCUT2D eigenvalue weighted by Gasteiger charge is -2.31. The van der Waals surface area contributed by atoms with Crippen molar-refractivity contribution in [1.82, 2.24) is 20.9 Å². The van der Waals surface area contributed by atoms with Crippen LogP contribution in [0.15, 0.2) is 30.3 Å². The number of amides is 3. The number of carbonyl (C=O) groups excluding carboxylic acids is 5. The van der Waals surface area contributed by atoms with E-state index in [1.807, 2.05) is 37.4 Å². The third kappa shape index (κ3) is 7.83. The molecule has 0 saturated carbocycles. The van der Waals surface area contributed by atoms with Crippen molar-refractivity contribution < 1.29 is 24.0 Å². The zero-order chi connectivity index (χ0) is 27.7. The van der Waals surface area contributed by atoms with Crippen molar-refractivity contribution in [3.05, 3.63) is 35.9 Å². The van der Waals surface area contributed by atoms with Gasteiger partial charge in [0.25, 0.3) is 5.91 Å². The smallest absolute Gasteiger partial charge is 0.290 e. The van der Waals surface area contributed by atoms with E-state index in [2.05, 4.69) is 20.9 Å². The van der Waals surface area contributed by atoms with Gasteiger partial charge in [0.1, 0.15) is 6.04 Å². The van der Waals surface area contributed by atoms with E-state index in [-0.39, 0.29) is 21.8 Å². The summed E-state index contributed by atoms with van der Waals surface area (Å²) >= 11 is 3.84. The minimum atomic E-state index is -0.966. The topological polar surface area (TPSA) is 125 Å². The molecule has 38 heavy (non-hydrogen) atoms. The third-order valence-electron chi connectivity index (χ3n) is 6.81. The van der Waals surface area contributed by atoms with Crippen LogP contribution in [0.5, 0.6) is 0 Å². The highest BCUT2D eigenvalue weighted by molar-refractivity contribution is 8.18. The Balaban J connectivity index is 1.56. The highest BCUT2D eigenvalue weighted by Crippen LogP contribution is 2.50. The average Bonchev–Trinajstić information content (AvgIpc) is 3.28. The van der Waals surface area contributed by atoms with Crippen LogP contribution in [-0.4, -0.2) is 81.5 Å². The van der Waals surface area contributed by atoms with Crippen molar-refractivity contribution in [2.75, 3.05) is 31.1 Å². The normalized spacial score (nSPS) is 20.3. The van der Waals surface area contributed by atoms with Gasteiger partial charge in [0.2, 0.25) is 17.6 Å². The molecule has 3 amide bonds. The summed E-state index contributed by atoms with van der Waals surface area (Å²) in [4.78, 5) is 65.5. The largest absolute Gasteiger partial charge is 0.344 e. The van der Waals surface area contributed by atoms with Gasteiger partial charge in [-0.25, -0.2) is 0 Å². The predicted molar refractivity (Wildman–Crippen MR) is 151 cm³/mol. The molecule has 2 heterocycles. The Morgan fingerprint density at radius 3 is 2.34 bits per heavy atom. The maximum atomic E-state index is 13.3. The minimum absolute atomic E-state index is 0.00272. The lowest BCUT2D eigenvalue weighted by Crippen LogP contribution is -2.53. The van der Waals surface area contributed by atoms with Gasteiger partial charge in [-0.3, -0.25) is 28.9 Å². The van der Waals surface area contributed by atoms with Gasteiger partial charge in [0, 0.05) is 6.54 Å². The second kappa shape index (κ2) is 14.1. The lowest BCUT2D eigenvalue weighted by molar-refractivity contribution is -0.141. The van der Waals surface area contributed by atoms with E-state index in [1.165, 1.54) is 13.3 Å². The van der Waals surface area contributed by atoms with Crippen molar-refractivity contribution in [2.24, 2.45) is 0 Å². The first-order chi connectivity index (χ1) is 18.2. The van der Waals surface area contributed by atoms with Gasteiger partial charge in [0.15, 0.2) is 5.78 Å².